The summed E-state index contributed by atoms with van der Waals surface area (Å²) in [6.45, 7) is 2.52. The quantitative estimate of drug-likeness (QED) is 0.465. The Bertz CT molecular complexity index is 979. The van der Waals surface area contributed by atoms with Gasteiger partial charge in [-0.1, -0.05) is 47.5 Å². The lowest BCUT2D eigenvalue weighted by Crippen LogP contribution is -2.03. The van der Waals surface area contributed by atoms with E-state index in [1.807, 2.05) is 31.2 Å². The van der Waals surface area contributed by atoms with E-state index >= 15 is 0 Å². The van der Waals surface area contributed by atoms with Crippen molar-refractivity contribution >= 4 is 28.9 Å². The molecule has 0 bridgehead atoms. The third-order valence-corrected chi connectivity index (χ3v) is 5.09. The van der Waals surface area contributed by atoms with Crippen molar-refractivity contribution in [2.45, 2.75) is 20.1 Å². The van der Waals surface area contributed by atoms with Crippen LogP contribution in [0.1, 0.15) is 16.7 Å². The first-order valence-electron chi connectivity index (χ1n) is 8.70. The van der Waals surface area contributed by atoms with Gasteiger partial charge >= 0.3 is 0 Å². The van der Waals surface area contributed by atoms with Gasteiger partial charge < -0.3 is 14.8 Å². The molecule has 0 aliphatic rings. The Kier molecular flexibility index (Phi) is 6.65. The Labute approximate surface area is 174 Å². The van der Waals surface area contributed by atoms with Crippen LogP contribution in [-0.2, 0) is 13.2 Å². The van der Waals surface area contributed by atoms with Gasteiger partial charge in [0, 0.05) is 33.9 Å². The molecule has 3 aromatic rings. The molecule has 0 aromatic heterocycles. The number of ether oxygens (including phenoxy) is 2. The van der Waals surface area contributed by atoms with Gasteiger partial charge in [-0.05, 0) is 42.3 Å². The van der Waals surface area contributed by atoms with Gasteiger partial charge in [0.25, 0.3) is 0 Å². The fraction of sp³-hybridized carbons (Fsp3) is 0.182. The molecule has 0 unspecified atom stereocenters. The van der Waals surface area contributed by atoms with E-state index in [9.17, 15) is 4.39 Å². The molecule has 0 fully saturated rings. The first kappa shape index (κ1) is 20.3. The highest BCUT2D eigenvalue weighted by Gasteiger charge is 2.12. The molecule has 0 saturated carbocycles. The Hall–Kier alpha value is -2.43. The maximum atomic E-state index is 13.8. The third-order valence-electron chi connectivity index (χ3n) is 4.33. The zero-order valence-corrected chi connectivity index (χ0v) is 17.1. The van der Waals surface area contributed by atoms with E-state index in [2.05, 4.69) is 5.32 Å². The minimum Gasteiger partial charge on any atom is -0.493 e. The second kappa shape index (κ2) is 9.18. The maximum Gasteiger partial charge on any atom is 0.163 e. The molecule has 3 aromatic carbocycles. The van der Waals surface area contributed by atoms with Crippen LogP contribution in [0.2, 0.25) is 10.0 Å². The highest BCUT2D eigenvalue weighted by molar-refractivity contribution is 6.32. The molecule has 3 rings (SSSR count). The lowest BCUT2D eigenvalue weighted by molar-refractivity contribution is 0.279. The average molecular weight is 420 g/mol. The summed E-state index contributed by atoms with van der Waals surface area (Å²) in [4.78, 5) is 0. The van der Waals surface area contributed by atoms with Crippen LogP contribution in [0.5, 0.6) is 11.5 Å². The van der Waals surface area contributed by atoms with E-state index in [4.69, 9.17) is 32.7 Å². The van der Waals surface area contributed by atoms with Gasteiger partial charge in [-0.3, -0.25) is 0 Å². The fourth-order valence-corrected chi connectivity index (χ4v) is 3.06. The second-order valence-electron chi connectivity index (χ2n) is 6.29. The molecule has 3 nitrogen and oxygen atoms in total. The molecule has 28 heavy (non-hydrogen) atoms. The van der Waals surface area contributed by atoms with Crippen LogP contribution >= 0.6 is 23.2 Å². The van der Waals surface area contributed by atoms with Crippen molar-refractivity contribution < 1.29 is 13.9 Å². The Balaban J connectivity index is 1.73. The second-order valence-corrected chi connectivity index (χ2v) is 7.11. The van der Waals surface area contributed by atoms with Crippen LogP contribution in [0.3, 0.4) is 0 Å². The average Bonchev–Trinajstić information content (AvgIpc) is 2.69. The van der Waals surface area contributed by atoms with Crippen molar-refractivity contribution in [2.24, 2.45) is 0 Å². The van der Waals surface area contributed by atoms with E-state index in [1.165, 1.54) is 6.07 Å². The summed E-state index contributed by atoms with van der Waals surface area (Å²) in [5.74, 6) is 0.669. The van der Waals surface area contributed by atoms with Gasteiger partial charge in [0.15, 0.2) is 11.5 Å². The predicted octanol–water partition coefficient (Wildman–Crippen LogP) is 6.64. The normalized spacial score (nSPS) is 10.6. The van der Waals surface area contributed by atoms with E-state index in [0.29, 0.717) is 33.7 Å². The van der Waals surface area contributed by atoms with Gasteiger partial charge in [-0.15, -0.1) is 0 Å². The van der Waals surface area contributed by atoms with Gasteiger partial charge in [-0.25, -0.2) is 4.39 Å². The number of methoxy groups -OCH3 is 1. The predicted molar refractivity (Wildman–Crippen MR) is 112 cm³/mol. The van der Waals surface area contributed by atoms with Crippen molar-refractivity contribution in [3.63, 3.8) is 0 Å². The minimum absolute atomic E-state index is 0.0822. The van der Waals surface area contributed by atoms with Crippen molar-refractivity contribution in [3.05, 3.63) is 87.2 Å². The molecule has 146 valence electrons. The molecule has 0 aliphatic heterocycles. The summed E-state index contributed by atoms with van der Waals surface area (Å²) in [5, 5.41) is 4.51. The summed E-state index contributed by atoms with van der Waals surface area (Å²) in [6, 6.07) is 15.7. The van der Waals surface area contributed by atoms with Gasteiger partial charge in [-0.2, -0.15) is 0 Å². The Morgan fingerprint density at radius 1 is 0.929 bits per heavy atom. The molecular formula is C22H20Cl2FNO2. The van der Waals surface area contributed by atoms with Crippen LogP contribution in [0.4, 0.5) is 10.1 Å². The van der Waals surface area contributed by atoms with Gasteiger partial charge in [0.05, 0.1) is 7.11 Å². The largest absolute Gasteiger partial charge is 0.493 e. The monoisotopic (exact) mass is 419 g/mol. The van der Waals surface area contributed by atoms with Crippen LogP contribution in [0.25, 0.3) is 0 Å². The molecule has 1 N–H and O–H groups in total. The number of anilines is 1. The standard InChI is InChI=1S/C22H20Cl2FNO2/c1-14-7-8-17(10-18(14)23)26-12-16-9-21(27-2)22(11-19(16)24)28-13-15-5-3-4-6-20(15)25/h3-11,26H,12-13H2,1-2H3. The SMILES string of the molecule is COc1cc(CNc2ccc(C)c(Cl)c2)c(Cl)cc1OCc1ccccc1F. The van der Waals surface area contributed by atoms with Crippen molar-refractivity contribution in [1.29, 1.82) is 0 Å². The number of rotatable bonds is 7. The molecule has 0 aliphatic carbocycles. The van der Waals surface area contributed by atoms with E-state index in [0.717, 1.165) is 16.8 Å². The Morgan fingerprint density at radius 2 is 1.71 bits per heavy atom. The highest BCUT2D eigenvalue weighted by atomic mass is 35.5. The van der Waals surface area contributed by atoms with E-state index in [-0.39, 0.29) is 12.4 Å². The summed E-state index contributed by atoms with van der Waals surface area (Å²) in [5.41, 5.74) is 3.21. The zero-order chi connectivity index (χ0) is 20.1. The number of hydrogen-bond acceptors (Lipinski definition) is 3. The van der Waals surface area contributed by atoms with Crippen LogP contribution in [0.15, 0.2) is 54.6 Å². The van der Waals surface area contributed by atoms with Crippen LogP contribution in [-0.4, -0.2) is 7.11 Å². The van der Waals surface area contributed by atoms with E-state index in [1.54, 1.807) is 31.4 Å². The summed E-state index contributed by atoms with van der Waals surface area (Å²) < 4.78 is 24.9. The molecule has 0 radical (unpaired) electrons. The molecule has 0 saturated heterocycles. The zero-order valence-electron chi connectivity index (χ0n) is 15.6. The van der Waals surface area contributed by atoms with Crippen LogP contribution in [0, 0.1) is 12.7 Å². The third kappa shape index (κ3) is 4.89. The van der Waals surface area contributed by atoms with Crippen molar-refractivity contribution in [2.75, 3.05) is 12.4 Å². The lowest BCUT2D eigenvalue weighted by atomic mass is 10.1. The summed E-state index contributed by atoms with van der Waals surface area (Å²) in [6.07, 6.45) is 0. The number of aryl methyl sites for hydroxylation is 1. The summed E-state index contributed by atoms with van der Waals surface area (Å²) >= 11 is 12.6. The topological polar surface area (TPSA) is 30.5 Å². The lowest BCUT2D eigenvalue weighted by Gasteiger charge is -2.15. The molecular weight excluding hydrogens is 400 g/mol. The Morgan fingerprint density at radius 3 is 2.43 bits per heavy atom. The smallest absolute Gasteiger partial charge is 0.163 e. The molecule has 0 heterocycles. The molecule has 6 heteroatoms. The van der Waals surface area contributed by atoms with Gasteiger partial charge in [0.1, 0.15) is 12.4 Å². The number of hydrogen-bond donors (Lipinski definition) is 1. The van der Waals surface area contributed by atoms with Gasteiger partial charge in [0.2, 0.25) is 0 Å². The first-order chi connectivity index (χ1) is 13.5. The summed E-state index contributed by atoms with van der Waals surface area (Å²) in [7, 11) is 1.55. The van der Waals surface area contributed by atoms with E-state index < -0.39 is 0 Å². The number of nitrogens with one attached hydrogen (secondary N) is 1. The first-order valence-corrected chi connectivity index (χ1v) is 9.46. The fourth-order valence-electron chi connectivity index (χ4n) is 2.66. The van der Waals surface area contributed by atoms with Crippen molar-refractivity contribution in [3.8, 4) is 11.5 Å². The maximum absolute atomic E-state index is 13.8. The van der Waals surface area contributed by atoms with Crippen molar-refractivity contribution in [1.82, 2.24) is 0 Å². The number of halogens is 3. The number of benzene rings is 3. The van der Waals surface area contributed by atoms with Crippen LogP contribution < -0.4 is 14.8 Å². The highest BCUT2D eigenvalue weighted by Crippen LogP contribution is 2.34. The molecule has 0 spiro atoms. The molecule has 0 atom stereocenters. The minimum atomic E-state index is -0.315. The molecule has 0 amide bonds.